The van der Waals surface area contributed by atoms with Crippen molar-refractivity contribution in [3.8, 4) is 0 Å². The van der Waals surface area contributed by atoms with E-state index in [1.807, 2.05) is 0 Å². The van der Waals surface area contributed by atoms with E-state index >= 15 is 0 Å². The summed E-state index contributed by atoms with van der Waals surface area (Å²) in [7, 11) is 0. The van der Waals surface area contributed by atoms with Gasteiger partial charge in [-0.25, -0.2) is 5.11 Å². The smallest absolute Gasteiger partial charge is 0.0993 e. The highest BCUT2D eigenvalue weighted by atomic mass is 16.3. The van der Waals surface area contributed by atoms with Crippen LogP contribution in [0.2, 0.25) is 0 Å². The summed E-state index contributed by atoms with van der Waals surface area (Å²) < 4.78 is 0. The molecule has 0 heterocycles. The molecular weight excluding hydrogens is 88.1 g/mol. The van der Waals surface area contributed by atoms with Gasteiger partial charge in [0.25, 0.3) is 0 Å². The first-order valence-electron chi connectivity index (χ1n) is 3.05. The molecule has 2 aliphatic rings. The van der Waals surface area contributed by atoms with Crippen LogP contribution in [0.3, 0.4) is 0 Å². The molecule has 2 unspecified atom stereocenters. The number of hydrogen-bond acceptors (Lipinski definition) is 0. The third-order valence-corrected chi connectivity index (χ3v) is 2.33. The van der Waals surface area contributed by atoms with Gasteiger partial charge in [0.15, 0.2) is 0 Å². The number of fused-ring (bicyclic) bond motifs is 1. The number of rotatable bonds is 0. The van der Waals surface area contributed by atoms with Gasteiger partial charge in [0.2, 0.25) is 0 Å². The first-order chi connectivity index (χ1) is 3.39. The zero-order valence-electron chi connectivity index (χ0n) is 4.26. The van der Waals surface area contributed by atoms with E-state index < -0.39 is 0 Å². The van der Waals surface area contributed by atoms with E-state index in [0.717, 1.165) is 0 Å². The second-order valence-electron chi connectivity index (χ2n) is 2.72. The van der Waals surface area contributed by atoms with E-state index in [2.05, 4.69) is 0 Å². The molecule has 1 heteroatoms. The van der Waals surface area contributed by atoms with Crippen LogP contribution >= 0.6 is 0 Å². The molecule has 0 amide bonds. The quantitative estimate of drug-likeness (QED) is 0.433. The molecule has 7 heavy (non-hydrogen) atoms. The van der Waals surface area contributed by atoms with E-state index in [1.54, 1.807) is 0 Å². The largest absolute Gasteiger partial charge is 0.232 e. The molecule has 2 saturated carbocycles. The van der Waals surface area contributed by atoms with Crippen LogP contribution in [0, 0.1) is 11.8 Å². The topological polar surface area (TPSA) is 19.9 Å². The highest BCUT2D eigenvalue weighted by Gasteiger charge is 2.53. The van der Waals surface area contributed by atoms with Gasteiger partial charge in [0, 0.05) is 0 Å². The van der Waals surface area contributed by atoms with Crippen molar-refractivity contribution in [3.05, 3.63) is 0 Å². The van der Waals surface area contributed by atoms with Gasteiger partial charge < -0.3 is 0 Å². The van der Waals surface area contributed by atoms with Gasteiger partial charge >= 0.3 is 0 Å². The Balaban J connectivity index is 2.06. The van der Waals surface area contributed by atoms with Crippen LogP contribution in [0.15, 0.2) is 0 Å². The van der Waals surface area contributed by atoms with Gasteiger partial charge in [0.05, 0.1) is 6.10 Å². The minimum atomic E-state index is -0.131. The standard InChI is InChI=1S/C6H9O/c7-6-4-2-1-3-5(4)6/h4-6H,1-3H2. The van der Waals surface area contributed by atoms with Crippen molar-refractivity contribution in [1.82, 2.24) is 0 Å². The Morgan fingerprint density at radius 2 is 1.71 bits per heavy atom. The molecule has 2 aliphatic carbocycles. The molecule has 0 aromatic heterocycles. The average molecular weight is 97.1 g/mol. The Hall–Kier alpha value is -0.0400. The van der Waals surface area contributed by atoms with E-state index in [0.29, 0.717) is 11.8 Å². The van der Waals surface area contributed by atoms with Crippen LogP contribution in [0.4, 0.5) is 0 Å². The van der Waals surface area contributed by atoms with Crippen LogP contribution < -0.4 is 0 Å². The molecule has 0 spiro atoms. The van der Waals surface area contributed by atoms with Gasteiger partial charge in [-0.3, -0.25) is 0 Å². The fraction of sp³-hybridized carbons (Fsp3) is 1.00. The zero-order valence-corrected chi connectivity index (χ0v) is 4.26. The Morgan fingerprint density at radius 1 is 1.14 bits per heavy atom. The van der Waals surface area contributed by atoms with Crippen molar-refractivity contribution >= 4 is 0 Å². The lowest BCUT2D eigenvalue weighted by atomic mass is 10.2. The fourth-order valence-electron chi connectivity index (χ4n) is 1.76. The first-order valence-corrected chi connectivity index (χ1v) is 3.05. The second kappa shape index (κ2) is 1.03. The van der Waals surface area contributed by atoms with Crippen LogP contribution in [0.5, 0.6) is 0 Å². The summed E-state index contributed by atoms with van der Waals surface area (Å²) in [4.78, 5) is 0. The summed E-state index contributed by atoms with van der Waals surface area (Å²) in [5.41, 5.74) is 0. The van der Waals surface area contributed by atoms with Crippen molar-refractivity contribution in [1.29, 1.82) is 0 Å². The average Bonchev–Trinajstić information content (AvgIpc) is 2.26. The van der Waals surface area contributed by atoms with E-state index in [9.17, 15) is 5.11 Å². The molecule has 39 valence electrons. The normalized spacial score (nSPS) is 57.0. The van der Waals surface area contributed by atoms with Crippen LogP contribution in [-0.2, 0) is 5.11 Å². The van der Waals surface area contributed by atoms with Crippen molar-refractivity contribution in [2.75, 3.05) is 0 Å². The van der Waals surface area contributed by atoms with Crippen LogP contribution in [-0.4, -0.2) is 6.10 Å². The van der Waals surface area contributed by atoms with Gasteiger partial charge in [0.1, 0.15) is 0 Å². The third kappa shape index (κ3) is 0.367. The molecule has 0 aliphatic heterocycles. The maximum absolute atomic E-state index is 10.6. The van der Waals surface area contributed by atoms with E-state index in [4.69, 9.17) is 0 Å². The molecule has 1 nitrogen and oxygen atoms in total. The Morgan fingerprint density at radius 3 is 2.00 bits per heavy atom. The molecule has 0 N–H and O–H groups in total. The molecule has 0 bridgehead atoms. The summed E-state index contributed by atoms with van der Waals surface area (Å²) in [5, 5.41) is 10.6. The van der Waals surface area contributed by atoms with E-state index in [1.165, 1.54) is 19.3 Å². The van der Waals surface area contributed by atoms with E-state index in [-0.39, 0.29) is 6.10 Å². The van der Waals surface area contributed by atoms with Crippen molar-refractivity contribution in [2.45, 2.75) is 25.4 Å². The third-order valence-electron chi connectivity index (χ3n) is 2.33. The summed E-state index contributed by atoms with van der Waals surface area (Å²) in [6, 6.07) is 0. The predicted molar refractivity (Wildman–Crippen MR) is 25.3 cm³/mol. The summed E-state index contributed by atoms with van der Waals surface area (Å²) in [5.74, 6) is 1.25. The lowest BCUT2D eigenvalue weighted by molar-refractivity contribution is 0.141. The van der Waals surface area contributed by atoms with Crippen LogP contribution in [0.25, 0.3) is 0 Å². The Bertz CT molecular complexity index is 80.2. The minimum absolute atomic E-state index is 0.131. The summed E-state index contributed by atoms with van der Waals surface area (Å²) in [6.07, 6.45) is 3.67. The monoisotopic (exact) mass is 97.1 g/mol. The van der Waals surface area contributed by atoms with Gasteiger partial charge in [-0.2, -0.15) is 0 Å². The second-order valence-corrected chi connectivity index (χ2v) is 2.72. The summed E-state index contributed by atoms with van der Waals surface area (Å²) >= 11 is 0. The maximum atomic E-state index is 10.6. The Kier molecular flexibility index (Phi) is 0.571. The fourth-order valence-corrected chi connectivity index (χ4v) is 1.76. The maximum Gasteiger partial charge on any atom is 0.0993 e. The highest BCUT2D eigenvalue weighted by Crippen LogP contribution is 2.51. The lowest BCUT2D eigenvalue weighted by Crippen LogP contribution is -1.86. The molecule has 2 atom stereocenters. The van der Waals surface area contributed by atoms with Crippen molar-refractivity contribution < 1.29 is 5.11 Å². The van der Waals surface area contributed by atoms with Crippen molar-refractivity contribution in [3.63, 3.8) is 0 Å². The van der Waals surface area contributed by atoms with Crippen LogP contribution in [0.1, 0.15) is 19.3 Å². The molecule has 1 radical (unpaired) electrons. The first kappa shape index (κ1) is 3.90. The Labute approximate surface area is 43.3 Å². The van der Waals surface area contributed by atoms with Crippen molar-refractivity contribution in [2.24, 2.45) is 11.8 Å². The molecule has 2 fully saturated rings. The predicted octanol–water partition coefficient (Wildman–Crippen LogP) is 1.22. The molecule has 2 rings (SSSR count). The van der Waals surface area contributed by atoms with Gasteiger partial charge in [-0.05, 0) is 24.7 Å². The molecule has 0 saturated heterocycles. The lowest BCUT2D eigenvalue weighted by Gasteiger charge is -1.87. The SMILES string of the molecule is [O]C1C2CCCC12. The summed E-state index contributed by atoms with van der Waals surface area (Å²) in [6.45, 7) is 0. The molecule has 0 aromatic rings. The zero-order chi connectivity index (χ0) is 4.85. The molecule has 0 aromatic carbocycles. The van der Waals surface area contributed by atoms with Gasteiger partial charge in [-0.15, -0.1) is 0 Å². The minimum Gasteiger partial charge on any atom is -0.232 e. The highest BCUT2D eigenvalue weighted by molar-refractivity contribution is 5.00. The number of hydrogen-bond donors (Lipinski definition) is 0. The van der Waals surface area contributed by atoms with Gasteiger partial charge in [-0.1, -0.05) is 6.42 Å². The molecular formula is C6H9O.